The van der Waals surface area contributed by atoms with Gasteiger partial charge in [0.2, 0.25) is 11.8 Å². The Morgan fingerprint density at radius 3 is 1.36 bits per heavy atom. The third-order valence-electron chi connectivity index (χ3n) is 4.09. The monoisotopic (exact) mass is 306 g/mol. The summed E-state index contributed by atoms with van der Waals surface area (Å²) in [4.78, 5) is 47.4. The third kappa shape index (κ3) is 4.95. The first-order chi connectivity index (χ1) is 10.5. The van der Waals surface area contributed by atoms with E-state index in [-0.39, 0.29) is 23.9 Å². The van der Waals surface area contributed by atoms with Crippen LogP contribution in [0.2, 0.25) is 0 Å². The zero-order valence-electron chi connectivity index (χ0n) is 13.0. The lowest BCUT2D eigenvalue weighted by atomic mass is 9.89. The SMILES string of the molecule is CN(C(=O)/C=C\C=O)C1CCC(N(C)C(=O)/C=C\C=O)CC1. The fraction of sp³-hybridized carbons (Fsp3) is 0.500. The highest BCUT2D eigenvalue weighted by atomic mass is 16.2. The smallest absolute Gasteiger partial charge is 0.246 e. The van der Waals surface area contributed by atoms with Gasteiger partial charge in [0, 0.05) is 38.3 Å². The molecule has 0 aliphatic heterocycles. The zero-order valence-corrected chi connectivity index (χ0v) is 13.0. The first kappa shape index (κ1) is 17.8. The molecule has 1 fully saturated rings. The molecule has 6 nitrogen and oxygen atoms in total. The highest BCUT2D eigenvalue weighted by Crippen LogP contribution is 2.25. The fourth-order valence-electron chi connectivity index (χ4n) is 2.67. The molecule has 1 rings (SSSR count). The van der Waals surface area contributed by atoms with Crippen molar-refractivity contribution in [2.45, 2.75) is 37.8 Å². The van der Waals surface area contributed by atoms with Crippen LogP contribution in [-0.4, -0.2) is 60.4 Å². The Balaban J connectivity index is 2.52. The van der Waals surface area contributed by atoms with Crippen molar-refractivity contribution < 1.29 is 19.2 Å². The largest absolute Gasteiger partial charge is 0.339 e. The number of amides is 2. The molecule has 0 bridgehead atoms. The predicted molar refractivity (Wildman–Crippen MR) is 82.0 cm³/mol. The minimum absolute atomic E-state index is 0.120. The van der Waals surface area contributed by atoms with Crippen molar-refractivity contribution in [3.63, 3.8) is 0 Å². The number of likely N-dealkylation sites (N-methyl/N-ethyl adjacent to an activating group) is 2. The fourth-order valence-corrected chi connectivity index (χ4v) is 2.67. The topological polar surface area (TPSA) is 74.8 Å². The molecule has 0 N–H and O–H groups in total. The Morgan fingerprint density at radius 2 is 1.09 bits per heavy atom. The Bertz CT molecular complexity index is 433. The van der Waals surface area contributed by atoms with Gasteiger partial charge in [-0.05, 0) is 37.8 Å². The molecule has 0 aromatic carbocycles. The van der Waals surface area contributed by atoms with Crippen LogP contribution in [0.4, 0.5) is 0 Å². The summed E-state index contributed by atoms with van der Waals surface area (Å²) >= 11 is 0. The van der Waals surface area contributed by atoms with E-state index in [1.54, 1.807) is 23.9 Å². The van der Waals surface area contributed by atoms with E-state index in [0.717, 1.165) is 25.7 Å². The third-order valence-corrected chi connectivity index (χ3v) is 4.09. The molecule has 0 aromatic heterocycles. The molecule has 6 heteroatoms. The second kappa shape index (κ2) is 8.92. The number of carbonyl (C=O) groups excluding carboxylic acids is 4. The minimum Gasteiger partial charge on any atom is -0.339 e. The average Bonchev–Trinajstić information content (AvgIpc) is 2.56. The van der Waals surface area contributed by atoms with Crippen molar-refractivity contribution in [3.05, 3.63) is 24.3 Å². The molecule has 0 radical (unpaired) electrons. The van der Waals surface area contributed by atoms with Crippen LogP contribution in [0.15, 0.2) is 24.3 Å². The highest BCUT2D eigenvalue weighted by Gasteiger charge is 2.28. The normalized spacial score (nSPS) is 21.7. The van der Waals surface area contributed by atoms with Crippen LogP contribution in [0.25, 0.3) is 0 Å². The Labute approximate surface area is 130 Å². The van der Waals surface area contributed by atoms with E-state index < -0.39 is 0 Å². The van der Waals surface area contributed by atoms with Crippen LogP contribution < -0.4 is 0 Å². The summed E-state index contributed by atoms with van der Waals surface area (Å²) in [5.74, 6) is -0.372. The lowest BCUT2D eigenvalue weighted by molar-refractivity contribution is -0.130. The van der Waals surface area contributed by atoms with Gasteiger partial charge in [-0.1, -0.05) is 0 Å². The van der Waals surface area contributed by atoms with E-state index in [4.69, 9.17) is 0 Å². The van der Waals surface area contributed by atoms with Crippen molar-refractivity contribution in [2.24, 2.45) is 0 Å². The molecule has 1 saturated carbocycles. The van der Waals surface area contributed by atoms with Gasteiger partial charge in [0.05, 0.1) is 0 Å². The van der Waals surface area contributed by atoms with Gasteiger partial charge < -0.3 is 9.80 Å². The van der Waals surface area contributed by atoms with Gasteiger partial charge in [-0.2, -0.15) is 0 Å². The molecule has 0 atom stereocenters. The highest BCUT2D eigenvalue weighted by molar-refractivity contribution is 5.91. The second-order valence-corrected chi connectivity index (χ2v) is 5.35. The molecule has 0 spiro atoms. The van der Waals surface area contributed by atoms with Gasteiger partial charge in [0.15, 0.2) is 0 Å². The van der Waals surface area contributed by atoms with Gasteiger partial charge in [0.1, 0.15) is 12.6 Å². The molecule has 1 aliphatic carbocycles. The molecule has 120 valence electrons. The molecule has 0 aromatic rings. The van der Waals surface area contributed by atoms with E-state index in [1.807, 2.05) is 0 Å². The summed E-state index contributed by atoms with van der Waals surface area (Å²) in [5.41, 5.74) is 0. The Hall–Kier alpha value is -2.24. The van der Waals surface area contributed by atoms with Crippen LogP contribution in [0, 0.1) is 0 Å². The van der Waals surface area contributed by atoms with Crippen molar-refractivity contribution in [1.29, 1.82) is 0 Å². The lowest BCUT2D eigenvalue weighted by Gasteiger charge is -2.37. The van der Waals surface area contributed by atoms with Gasteiger partial charge in [-0.15, -0.1) is 0 Å². The summed E-state index contributed by atoms with van der Waals surface area (Å²) in [6, 6.07) is 0.239. The van der Waals surface area contributed by atoms with E-state index >= 15 is 0 Å². The number of rotatable bonds is 6. The van der Waals surface area contributed by atoms with Crippen molar-refractivity contribution in [2.75, 3.05) is 14.1 Å². The predicted octanol–water partition coefficient (Wildman–Crippen LogP) is 0.725. The van der Waals surface area contributed by atoms with Crippen molar-refractivity contribution in [3.8, 4) is 0 Å². The maximum atomic E-state index is 11.8. The molecule has 1 aliphatic rings. The zero-order chi connectivity index (χ0) is 16.5. The van der Waals surface area contributed by atoms with E-state index in [1.165, 1.54) is 24.3 Å². The Morgan fingerprint density at radius 1 is 0.773 bits per heavy atom. The summed E-state index contributed by atoms with van der Waals surface area (Å²) < 4.78 is 0. The average molecular weight is 306 g/mol. The van der Waals surface area contributed by atoms with Gasteiger partial charge in [-0.25, -0.2) is 0 Å². The Kier molecular flexibility index (Phi) is 7.22. The van der Waals surface area contributed by atoms with Crippen LogP contribution in [0.5, 0.6) is 0 Å². The number of carbonyl (C=O) groups is 4. The molecule has 0 heterocycles. The van der Waals surface area contributed by atoms with Crippen LogP contribution in [0.3, 0.4) is 0 Å². The number of allylic oxidation sites excluding steroid dienone is 2. The summed E-state index contributed by atoms with van der Waals surface area (Å²) in [7, 11) is 3.45. The molecule has 0 unspecified atom stereocenters. The van der Waals surface area contributed by atoms with E-state index in [0.29, 0.717) is 12.6 Å². The summed E-state index contributed by atoms with van der Waals surface area (Å²) in [6.45, 7) is 0. The maximum absolute atomic E-state index is 11.8. The molecular formula is C16H22N2O4. The summed E-state index contributed by atoms with van der Waals surface area (Å²) in [6.07, 6.45) is 9.28. The standard InChI is InChI=1S/C16H22N2O4/c1-17(15(21)5-3-11-19)13-7-9-14(10-8-13)18(2)16(22)6-4-12-20/h3-6,11-14H,7-10H2,1-2H3/b5-3-,6-4-. The lowest BCUT2D eigenvalue weighted by Crippen LogP contribution is -2.44. The molecule has 0 saturated heterocycles. The molecule has 22 heavy (non-hydrogen) atoms. The number of nitrogens with zero attached hydrogens (tertiary/aromatic N) is 2. The van der Waals surface area contributed by atoms with Crippen LogP contribution in [0.1, 0.15) is 25.7 Å². The van der Waals surface area contributed by atoms with Crippen LogP contribution in [-0.2, 0) is 19.2 Å². The number of hydrogen-bond donors (Lipinski definition) is 0. The van der Waals surface area contributed by atoms with E-state index in [2.05, 4.69) is 0 Å². The summed E-state index contributed by atoms with van der Waals surface area (Å²) in [5, 5.41) is 0. The second-order valence-electron chi connectivity index (χ2n) is 5.35. The van der Waals surface area contributed by atoms with Crippen molar-refractivity contribution >= 4 is 24.4 Å². The van der Waals surface area contributed by atoms with Crippen LogP contribution >= 0.6 is 0 Å². The first-order valence-corrected chi connectivity index (χ1v) is 7.28. The quantitative estimate of drug-likeness (QED) is 0.535. The number of hydrogen-bond acceptors (Lipinski definition) is 4. The number of aldehydes is 2. The van der Waals surface area contributed by atoms with Crippen molar-refractivity contribution in [1.82, 2.24) is 9.80 Å². The van der Waals surface area contributed by atoms with Gasteiger partial charge >= 0.3 is 0 Å². The van der Waals surface area contributed by atoms with E-state index in [9.17, 15) is 19.2 Å². The molecular weight excluding hydrogens is 284 g/mol. The van der Waals surface area contributed by atoms with Gasteiger partial charge in [-0.3, -0.25) is 19.2 Å². The minimum atomic E-state index is -0.186. The molecule has 2 amide bonds. The maximum Gasteiger partial charge on any atom is 0.246 e. The van der Waals surface area contributed by atoms with Gasteiger partial charge in [0.25, 0.3) is 0 Å². The first-order valence-electron chi connectivity index (χ1n) is 7.28.